The molecule has 1 aromatic carbocycles. The molecule has 0 amide bonds. The van der Waals surface area contributed by atoms with Crippen molar-refractivity contribution in [2.45, 2.75) is 34.1 Å². The Labute approximate surface area is 134 Å². The van der Waals surface area contributed by atoms with Crippen LogP contribution >= 0.6 is 7.60 Å². The molecule has 4 heteroatoms. The van der Waals surface area contributed by atoms with Crippen LogP contribution in [0, 0.1) is 5.92 Å². The van der Waals surface area contributed by atoms with Gasteiger partial charge in [-0.3, -0.25) is 4.57 Å². The Morgan fingerprint density at radius 1 is 1.14 bits per heavy atom. The molecule has 3 nitrogen and oxygen atoms in total. The summed E-state index contributed by atoms with van der Waals surface area (Å²) in [4.78, 5) is 0. The molecule has 0 aliphatic rings. The molecule has 0 saturated heterocycles. The van der Waals surface area contributed by atoms with Crippen LogP contribution in [0.4, 0.5) is 0 Å². The maximum absolute atomic E-state index is 13.0. The lowest BCUT2D eigenvalue weighted by molar-refractivity contribution is 0.227. The van der Waals surface area contributed by atoms with Crippen LogP contribution in [0.15, 0.2) is 47.8 Å². The summed E-state index contributed by atoms with van der Waals surface area (Å²) in [5.41, 5.74) is 1.05. The molecule has 22 heavy (non-hydrogen) atoms. The quantitative estimate of drug-likeness (QED) is 0.419. The fourth-order valence-corrected chi connectivity index (χ4v) is 3.67. The fourth-order valence-electron chi connectivity index (χ4n) is 1.92. The lowest BCUT2D eigenvalue weighted by atomic mass is 10.1. The summed E-state index contributed by atoms with van der Waals surface area (Å²) in [6.45, 7) is 8.56. The molecule has 1 rings (SSSR count). The highest BCUT2D eigenvalue weighted by Crippen LogP contribution is 2.57. The van der Waals surface area contributed by atoms with E-state index in [1.807, 2.05) is 62.4 Å². The van der Waals surface area contributed by atoms with Gasteiger partial charge in [0, 0.05) is 0 Å². The minimum Gasteiger partial charge on any atom is -0.306 e. The number of hydrogen-bond donors (Lipinski definition) is 0. The molecule has 0 aliphatic heterocycles. The Kier molecular flexibility index (Phi) is 8.40. The van der Waals surface area contributed by atoms with Crippen molar-refractivity contribution >= 4 is 13.7 Å². The van der Waals surface area contributed by atoms with Crippen molar-refractivity contribution in [3.63, 3.8) is 0 Å². The summed E-state index contributed by atoms with van der Waals surface area (Å²) in [7, 11) is -3.26. The SMILES string of the molecule is CCOP(=O)(OCC)C(=C\C(C)CC)/C=C/c1ccccc1. The van der Waals surface area contributed by atoms with Gasteiger partial charge in [0.05, 0.1) is 18.5 Å². The number of hydrogen-bond acceptors (Lipinski definition) is 3. The maximum Gasteiger partial charge on any atom is 0.360 e. The second-order valence-electron chi connectivity index (χ2n) is 5.05. The Hall–Kier alpha value is -1.15. The molecule has 0 radical (unpaired) electrons. The van der Waals surface area contributed by atoms with Gasteiger partial charge in [0.25, 0.3) is 0 Å². The average molecular weight is 322 g/mol. The molecule has 0 heterocycles. The molecular formula is C18H27O3P. The number of rotatable bonds is 9. The van der Waals surface area contributed by atoms with E-state index < -0.39 is 7.60 Å². The van der Waals surface area contributed by atoms with Gasteiger partial charge in [-0.1, -0.05) is 62.8 Å². The first-order valence-corrected chi connectivity index (χ1v) is 9.44. The van der Waals surface area contributed by atoms with Crippen LogP contribution < -0.4 is 0 Å². The second kappa shape index (κ2) is 9.78. The van der Waals surface area contributed by atoms with E-state index in [9.17, 15) is 4.57 Å². The Morgan fingerprint density at radius 2 is 1.73 bits per heavy atom. The monoisotopic (exact) mass is 322 g/mol. The first kappa shape index (κ1) is 18.9. The van der Waals surface area contributed by atoms with Crippen LogP contribution in [0.5, 0.6) is 0 Å². The van der Waals surface area contributed by atoms with Gasteiger partial charge in [0.1, 0.15) is 0 Å². The zero-order valence-corrected chi connectivity index (χ0v) is 14.9. The molecule has 1 aromatic rings. The van der Waals surface area contributed by atoms with Crippen molar-refractivity contribution in [3.05, 3.63) is 53.4 Å². The molecule has 0 N–H and O–H groups in total. The number of benzene rings is 1. The van der Waals surface area contributed by atoms with Gasteiger partial charge in [0.2, 0.25) is 0 Å². The van der Waals surface area contributed by atoms with Crippen molar-refractivity contribution in [3.8, 4) is 0 Å². The highest BCUT2D eigenvalue weighted by Gasteiger charge is 2.28. The summed E-state index contributed by atoms with van der Waals surface area (Å²) in [5.74, 6) is 0.310. The lowest BCUT2D eigenvalue weighted by Gasteiger charge is -2.19. The van der Waals surface area contributed by atoms with E-state index in [1.54, 1.807) is 0 Å². The predicted octanol–water partition coefficient (Wildman–Crippen LogP) is 5.90. The summed E-state index contributed by atoms with van der Waals surface area (Å²) in [6, 6.07) is 9.93. The molecule has 1 unspecified atom stereocenters. The third kappa shape index (κ3) is 5.92. The first-order valence-electron chi connectivity index (χ1n) is 7.90. The van der Waals surface area contributed by atoms with E-state index in [0.29, 0.717) is 24.4 Å². The Bertz CT molecular complexity index is 525. The Morgan fingerprint density at radius 3 is 2.23 bits per heavy atom. The van der Waals surface area contributed by atoms with Crippen molar-refractivity contribution in [1.29, 1.82) is 0 Å². The topological polar surface area (TPSA) is 35.5 Å². The molecular weight excluding hydrogens is 295 g/mol. The smallest absolute Gasteiger partial charge is 0.306 e. The van der Waals surface area contributed by atoms with Gasteiger partial charge < -0.3 is 9.05 Å². The standard InChI is InChI=1S/C18H27O3P/c1-5-16(4)15-18(22(19,20-6-2)21-7-3)14-13-17-11-9-8-10-12-17/h8-16H,5-7H2,1-4H3/b14-13+,18-15-. The molecule has 0 saturated carbocycles. The minimum atomic E-state index is -3.26. The van der Waals surface area contributed by atoms with Gasteiger partial charge in [0.15, 0.2) is 0 Å². The molecule has 0 fully saturated rings. The number of allylic oxidation sites excluding steroid dienone is 3. The van der Waals surface area contributed by atoms with E-state index in [1.165, 1.54) is 0 Å². The van der Waals surface area contributed by atoms with Crippen LogP contribution in [-0.2, 0) is 13.6 Å². The van der Waals surface area contributed by atoms with E-state index >= 15 is 0 Å². The van der Waals surface area contributed by atoms with Gasteiger partial charge >= 0.3 is 7.60 Å². The Balaban J connectivity index is 3.14. The zero-order valence-electron chi connectivity index (χ0n) is 14.0. The van der Waals surface area contributed by atoms with E-state index in [4.69, 9.17) is 9.05 Å². The van der Waals surface area contributed by atoms with Crippen LogP contribution in [0.2, 0.25) is 0 Å². The van der Waals surface area contributed by atoms with Gasteiger partial charge in [-0.2, -0.15) is 0 Å². The van der Waals surface area contributed by atoms with Crippen LogP contribution in [-0.4, -0.2) is 13.2 Å². The van der Waals surface area contributed by atoms with Crippen LogP contribution in [0.3, 0.4) is 0 Å². The van der Waals surface area contributed by atoms with Gasteiger partial charge in [-0.15, -0.1) is 0 Å². The summed E-state index contributed by atoms with van der Waals surface area (Å²) in [5, 5.41) is 0.634. The molecule has 122 valence electrons. The molecule has 0 spiro atoms. The van der Waals surface area contributed by atoms with Crippen molar-refractivity contribution in [1.82, 2.24) is 0 Å². The first-order chi connectivity index (χ1) is 10.6. The summed E-state index contributed by atoms with van der Waals surface area (Å²) >= 11 is 0. The third-order valence-electron chi connectivity index (χ3n) is 3.26. The van der Waals surface area contributed by atoms with Crippen LogP contribution in [0.25, 0.3) is 6.08 Å². The fraction of sp³-hybridized carbons (Fsp3) is 0.444. The van der Waals surface area contributed by atoms with Gasteiger partial charge in [-0.05, 0) is 31.4 Å². The second-order valence-corrected chi connectivity index (χ2v) is 7.08. The lowest BCUT2D eigenvalue weighted by Crippen LogP contribution is -1.99. The largest absolute Gasteiger partial charge is 0.360 e. The van der Waals surface area contributed by atoms with Crippen molar-refractivity contribution < 1.29 is 13.6 Å². The molecule has 0 aliphatic carbocycles. The molecule has 1 atom stereocenters. The van der Waals surface area contributed by atoms with E-state index in [2.05, 4.69) is 13.8 Å². The average Bonchev–Trinajstić information content (AvgIpc) is 2.52. The minimum absolute atomic E-state index is 0.310. The highest BCUT2D eigenvalue weighted by atomic mass is 31.2. The summed E-state index contributed by atoms with van der Waals surface area (Å²) < 4.78 is 24.0. The highest BCUT2D eigenvalue weighted by molar-refractivity contribution is 7.58. The van der Waals surface area contributed by atoms with Gasteiger partial charge in [-0.25, -0.2) is 0 Å². The van der Waals surface area contributed by atoms with Crippen molar-refractivity contribution in [2.24, 2.45) is 5.92 Å². The van der Waals surface area contributed by atoms with E-state index in [0.717, 1.165) is 12.0 Å². The maximum atomic E-state index is 13.0. The van der Waals surface area contributed by atoms with Crippen LogP contribution in [0.1, 0.15) is 39.7 Å². The van der Waals surface area contributed by atoms with E-state index in [-0.39, 0.29) is 0 Å². The normalized spacial score (nSPS) is 14.5. The summed E-state index contributed by atoms with van der Waals surface area (Å²) in [6.07, 6.45) is 6.76. The molecule has 0 bridgehead atoms. The zero-order chi connectivity index (χ0) is 16.4. The van der Waals surface area contributed by atoms with Crippen molar-refractivity contribution in [2.75, 3.05) is 13.2 Å². The predicted molar refractivity (Wildman–Crippen MR) is 93.9 cm³/mol. The molecule has 0 aromatic heterocycles. The third-order valence-corrected chi connectivity index (χ3v) is 5.39.